The molecule has 3 aliphatic rings. The van der Waals surface area contributed by atoms with Crippen molar-refractivity contribution in [1.29, 1.82) is 0 Å². The van der Waals surface area contributed by atoms with Crippen molar-refractivity contribution in [2.45, 2.75) is 19.4 Å². The second-order valence-corrected chi connectivity index (χ2v) is 5.50. The number of benzene rings is 1. The largest absolute Gasteiger partial charge is 0.360 e. The molecule has 1 spiro atoms. The lowest BCUT2D eigenvalue weighted by Crippen LogP contribution is -2.20. The Morgan fingerprint density at radius 3 is 2.76 bits per heavy atom. The van der Waals surface area contributed by atoms with Gasteiger partial charge in [-0.3, -0.25) is 0 Å². The molecule has 1 saturated heterocycles. The van der Waals surface area contributed by atoms with Crippen LogP contribution < -0.4 is 0 Å². The molecule has 3 unspecified atom stereocenters. The molecule has 1 aliphatic heterocycles. The predicted octanol–water partition coefficient (Wildman–Crippen LogP) is 3.52. The van der Waals surface area contributed by atoms with Crippen LogP contribution in [0.5, 0.6) is 0 Å². The first-order valence-corrected chi connectivity index (χ1v) is 6.41. The predicted molar refractivity (Wildman–Crippen MR) is 68.5 cm³/mol. The topological polar surface area (TPSA) is 12.5 Å². The van der Waals surface area contributed by atoms with Gasteiger partial charge in [0.25, 0.3) is 0 Å². The Morgan fingerprint density at radius 1 is 1.24 bits per heavy atom. The van der Waals surface area contributed by atoms with Gasteiger partial charge < -0.3 is 4.74 Å². The minimum atomic E-state index is -0.0512. The minimum Gasteiger partial charge on any atom is -0.360 e. The molecule has 0 aromatic heterocycles. The summed E-state index contributed by atoms with van der Waals surface area (Å²) in [6.45, 7) is 5.50. The highest BCUT2D eigenvalue weighted by atomic mass is 16.6. The molecule has 4 rings (SSSR count). The summed E-state index contributed by atoms with van der Waals surface area (Å²) in [6, 6.07) is 8.71. The van der Waals surface area contributed by atoms with Crippen LogP contribution in [0.2, 0.25) is 0 Å². The van der Waals surface area contributed by atoms with Gasteiger partial charge in [0.15, 0.2) is 0 Å². The molecular weight excluding hydrogens is 208 g/mol. The quantitative estimate of drug-likeness (QED) is 0.614. The Morgan fingerprint density at radius 2 is 2.00 bits per heavy atom. The maximum atomic E-state index is 5.88. The highest BCUT2D eigenvalue weighted by Crippen LogP contribution is 2.59. The van der Waals surface area contributed by atoms with Gasteiger partial charge in [-0.1, -0.05) is 50.3 Å². The van der Waals surface area contributed by atoms with Crippen molar-refractivity contribution < 1.29 is 4.74 Å². The summed E-state index contributed by atoms with van der Waals surface area (Å²) >= 11 is 0. The fourth-order valence-corrected chi connectivity index (χ4v) is 3.43. The SMILES string of the molecule is CC1C=CC2=C(C1C)C1(CO1)c1ccccc12. The molecular formula is C16H16O. The van der Waals surface area contributed by atoms with E-state index in [1.807, 2.05) is 0 Å². The summed E-state index contributed by atoms with van der Waals surface area (Å²) in [7, 11) is 0. The van der Waals surface area contributed by atoms with Gasteiger partial charge in [-0.2, -0.15) is 0 Å². The maximum absolute atomic E-state index is 5.88. The number of fused-ring (bicyclic) bond motifs is 4. The third-order valence-corrected chi connectivity index (χ3v) is 4.62. The third-order valence-electron chi connectivity index (χ3n) is 4.62. The summed E-state index contributed by atoms with van der Waals surface area (Å²) in [5.41, 5.74) is 5.66. The normalized spacial score (nSPS) is 37.3. The van der Waals surface area contributed by atoms with E-state index in [0.717, 1.165) is 6.61 Å². The Bertz CT molecular complexity index is 561. The molecule has 1 aromatic carbocycles. The Hall–Kier alpha value is -1.34. The van der Waals surface area contributed by atoms with Gasteiger partial charge in [-0.05, 0) is 34.1 Å². The highest BCUT2D eigenvalue weighted by molar-refractivity contribution is 5.87. The molecule has 3 atom stereocenters. The second kappa shape index (κ2) is 2.91. The first kappa shape index (κ1) is 9.67. The molecule has 86 valence electrons. The van der Waals surface area contributed by atoms with E-state index < -0.39 is 0 Å². The third kappa shape index (κ3) is 1.03. The first-order chi connectivity index (χ1) is 8.24. The van der Waals surface area contributed by atoms with Gasteiger partial charge >= 0.3 is 0 Å². The monoisotopic (exact) mass is 224 g/mol. The van der Waals surface area contributed by atoms with E-state index >= 15 is 0 Å². The van der Waals surface area contributed by atoms with Crippen LogP contribution in [0, 0.1) is 11.8 Å². The maximum Gasteiger partial charge on any atom is 0.139 e. The molecule has 1 heteroatoms. The fraction of sp³-hybridized carbons (Fsp3) is 0.375. The van der Waals surface area contributed by atoms with E-state index in [-0.39, 0.29) is 5.60 Å². The average Bonchev–Trinajstić information content (AvgIpc) is 3.07. The van der Waals surface area contributed by atoms with Crippen LogP contribution in [-0.2, 0) is 10.3 Å². The molecule has 0 saturated carbocycles. The zero-order valence-corrected chi connectivity index (χ0v) is 10.2. The molecule has 0 bridgehead atoms. The Balaban J connectivity index is 2.00. The molecule has 1 nitrogen and oxygen atoms in total. The number of rotatable bonds is 0. The summed E-state index contributed by atoms with van der Waals surface area (Å²) in [4.78, 5) is 0. The van der Waals surface area contributed by atoms with Crippen LogP contribution in [0.15, 0.2) is 42.0 Å². The zero-order valence-electron chi connectivity index (χ0n) is 10.2. The van der Waals surface area contributed by atoms with Crippen LogP contribution in [-0.4, -0.2) is 6.61 Å². The van der Waals surface area contributed by atoms with E-state index in [0.29, 0.717) is 11.8 Å². The van der Waals surface area contributed by atoms with Crippen LogP contribution in [0.3, 0.4) is 0 Å². The van der Waals surface area contributed by atoms with Gasteiger partial charge in [-0.15, -0.1) is 0 Å². The fourth-order valence-electron chi connectivity index (χ4n) is 3.43. The minimum absolute atomic E-state index is 0.0512. The lowest BCUT2D eigenvalue weighted by Gasteiger charge is -2.26. The second-order valence-electron chi connectivity index (χ2n) is 5.50. The highest BCUT2D eigenvalue weighted by Gasteiger charge is 2.57. The van der Waals surface area contributed by atoms with Crippen molar-refractivity contribution >= 4 is 5.57 Å². The van der Waals surface area contributed by atoms with Crippen molar-refractivity contribution in [3.8, 4) is 0 Å². The molecule has 17 heavy (non-hydrogen) atoms. The number of allylic oxidation sites excluding steroid dienone is 3. The van der Waals surface area contributed by atoms with Gasteiger partial charge in [0.1, 0.15) is 5.60 Å². The number of epoxide rings is 1. The summed E-state index contributed by atoms with van der Waals surface area (Å²) in [5, 5.41) is 0. The molecule has 1 fully saturated rings. The molecule has 0 radical (unpaired) electrons. The lowest BCUT2D eigenvalue weighted by molar-refractivity contribution is 0.319. The molecule has 0 amide bonds. The summed E-state index contributed by atoms with van der Waals surface area (Å²) < 4.78 is 5.88. The van der Waals surface area contributed by atoms with Crippen LogP contribution in [0.4, 0.5) is 0 Å². The molecule has 0 N–H and O–H groups in total. The van der Waals surface area contributed by atoms with Crippen LogP contribution >= 0.6 is 0 Å². The Labute approximate surface area is 102 Å². The van der Waals surface area contributed by atoms with Gasteiger partial charge in [0.2, 0.25) is 0 Å². The van der Waals surface area contributed by atoms with Crippen molar-refractivity contribution in [3.63, 3.8) is 0 Å². The van der Waals surface area contributed by atoms with Crippen molar-refractivity contribution in [2.75, 3.05) is 6.61 Å². The van der Waals surface area contributed by atoms with E-state index in [1.165, 1.54) is 22.3 Å². The lowest BCUT2D eigenvalue weighted by atomic mass is 9.78. The standard InChI is InChI=1S/C16H16O/c1-10-7-8-13-12-5-3-4-6-14(12)16(9-17-16)15(13)11(10)2/h3-8,10-11H,9H2,1-2H3. The summed E-state index contributed by atoms with van der Waals surface area (Å²) in [6.07, 6.45) is 4.64. The van der Waals surface area contributed by atoms with Gasteiger partial charge in [0.05, 0.1) is 6.61 Å². The van der Waals surface area contributed by atoms with Gasteiger partial charge in [0, 0.05) is 0 Å². The number of ether oxygens (including phenoxy) is 1. The number of hydrogen-bond donors (Lipinski definition) is 0. The van der Waals surface area contributed by atoms with Crippen molar-refractivity contribution in [1.82, 2.24) is 0 Å². The van der Waals surface area contributed by atoms with Crippen LogP contribution in [0.1, 0.15) is 25.0 Å². The van der Waals surface area contributed by atoms with E-state index in [9.17, 15) is 0 Å². The summed E-state index contributed by atoms with van der Waals surface area (Å²) in [5.74, 6) is 1.20. The zero-order chi connectivity index (χ0) is 11.6. The first-order valence-electron chi connectivity index (χ1n) is 6.41. The van der Waals surface area contributed by atoms with Crippen molar-refractivity contribution in [2.24, 2.45) is 11.8 Å². The molecule has 1 aromatic rings. The van der Waals surface area contributed by atoms with E-state index in [2.05, 4.69) is 50.3 Å². The van der Waals surface area contributed by atoms with Crippen molar-refractivity contribution in [3.05, 3.63) is 53.1 Å². The number of hydrogen-bond acceptors (Lipinski definition) is 1. The van der Waals surface area contributed by atoms with Crippen LogP contribution in [0.25, 0.3) is 5.57 Å². The molecule has 1 heterocycles. The molecule has 2 aliphatic carbocycles. The van der Waals surface area contributed by atoms with E-state index in [1.54, 1.807) is 0 Å². The average molecular weight is 224 g/mol. The Kier molecular flexibility index (Phi) is 1.65. The smallest absolute Gasteiger partial charge is 0.139 e. The van der Waals surface area contributed by atoms with E-state index in [4.69, 9.17) is 4.74 Å². The van der Waals surface area contributed by atoms with Gasteiger partial charge in [-0.25, -0.2) is 0 Å².